The van der Waals surface area contributed by atoms with Crippen molar-refractivity contribution in [2.24, 2.45) is 5.73 Å². The molecule has 0 aliphatic heterocycles. The zero-order chi connectivity index (χ0) is 8.15. The van der Waals surface area contributed by atoms with Gasteiger partial charge in [0.2, 0.25) is 0 Å². The molecule has 0 aromatic rings. The Kier molecular flexibility index (Phi) is 3.64. The van der Waals surface area contributed by atoms with Crippen molar-refractivity contribution in [2.45, 2.75) is 19.9 Å². The molecule has 0 heterocycles. The Balaban J connectivity index is 3.49. The average molecular weight is 145 g/mol. The molecular weight excluding hydrogens is 134 g/mol. The topological polar surface area (TPSA) is 69.4 Å². The molecule has 0 aromatic carbocycles. The predicted molar refractivity (Wildman–Crippen MR) is 35.3 cm³/mol. The third kappa shape index (κ3) is 4.03. The minimum atomic E-state index is -0.677. The number of carbonyl (C=O) groups is 2. The van der Waals surface area contributed by atoms with E-state index >= 15 is 0 Å². The first-order valence-corrected chi connectivity index (χ1v) is 2.93. The second kappa shape index (κ2) is 4.00. The molecule has 0 unspecified atom stereocenters. The van der Waals surface area contributed by atoms with Crippen molar-refractivity contribution >= 4 is 11.8 Å². The van der Waals surface area contributed by atoms with Crippen LogP contribution >= 0.6 is 0 Å². The highest BCUT2D eigenvalue weighted by molar-refractivity contribution is 5.81. The molecule has 58 valence electrons. The van der Waals surface area contributed by atoms with Gasteiger partial charge >= 0.3 is 5.97 Å². The van der Waals surface area contributed by atoms with E-state index in [1.807, 2.05) is 0 Å². The maximum Gasteiger partial charge on any atom is 0.302 e. The molecule has 0 aliphatic rings. The summed E-state index contributed by atoms with van der Waals surface area (Å²) in [6.45, 7) is 2.60. The van der Waals surface area contributed by atoms with Gasteiger partial charge in [0.25, 0.3) is 0 Å². The number of ketones is 1. The van der Waals surface area contributed by atoms with Crippen LogP contribution in [0.4, 0.5) is 0 Å². The molecule has 0 bridgehead atoms. The molecule has 0 radical (unpaired) electrons. The molecular formula is C6H11NO3. The number of hydrogen-bond acceptors (Lipinski definition) is 4. The Morgan fingerprint density at radius 2 is 2.00 bits per heavy atom. The van der Waals surface area contributed by atoms with Gasteiger partial charge in [-0.25, -0.2) is 0 Å². The average Bonchev–Trinajstić information content (AvgIpc) is 1.82. The van der Waals surface area contributed by atoms with E-state index in [2.05, 4.69) is 4.74 Å². The minimum Gasteiger partial charge on any atom is -0.464 e. The fourth-order valence-electron chi connectivity index (χ4n) is 0.324. The van der Waals surface area contributed by atoms with Gasteiger partial charge in [0, 0.05) is 6.92 Å². The van der Waals surface area contributed by atoms with E-state index in [0.717, 1.165) is 0 Å². The largest absolute Gasteiger partial charge is 0.464 e. The molecule has 0 saturated carbocycles. The van der Waals surface area contributed by atoms with Crippen molar-refractivity contribution in [2.75, 3.05) is 6.61 Å². The first kappa shape index (κ1) is 9.10. The Morgan fingerprint density at radius 1 is 1.50 bits per heavy atom. The van der Waals surface area contributed by atoms with Gasteiger partial charge in [0.15, 0.2) is 0 Å². The molecule has 0 amide bonds. The van der Waals surface area contributed by atoms with Crippen molar-refractivity contribution in [1.29, 1.82) is 0 Å². The summed E-state index contributed by atoms with van der Waals surface area (Å²) in [5.41, 5.74) is 5.24. The molecule has 0 rings (SSSR count). The lowest BCUT2D eigenvalue weighted by atomic mass is 10.2. The number of nitrogens with two attached hydrogens (primary N) is 1. The molecule has 0 spiro atoms. The van der Waals surface area contributed by atoms with Crippen LogP contribution in [0.5, 0.6) is 0 Å². The van der Waals surface area contributed by atoms with Crippen molar-refractivity contribution < 1.29 is 14.3 Å². The second-order valence-corrected chi connectivity index (χ2v) is 2.02. The van der Waals surface area contributed by atoms with Crippen LogP contribution in [0.1, 0.15) is 13.8 Å². The van der Waals surface area contributed by atoms with Crippen LogP contribution in [0.25, 0.3) is 0 Å². The third-order valence-corrected chi connectivity index (χ3v) is 0.988. The van der Waals surface area contributed by atoms with Gasteiger partial charge in [0.1, 0.15) is 12.4 Å². The van der Waals surface area contributed by atoms with E-state index in [0.29, 0.717) is 0 Å². The maximum atomic E-state index is 10.4. The molecule has 4 nitrogen and oxygen atoms in total. The lowest BCUT2D eigenvalue weighted by molar-refractivity contribution is -0.142. The first-order valence-electron chi connectivity index (χ1n) is 2.93. The van der Waals surface area contributed by atoms with Crippen molar-refractivity contribution in [3.8, 4) is 0 Å². The van der Waals surface area contributed by atoms with Gasteiger partial charge in [-0.1, -0.05) is 0 Å². The van der Waals surface area contributed by atoms with Crippen molar-refractivity contribution in [1.82, 2.24) is 0 Å². The van der Waals surface area contributed by atoms with E-state index < -0.39 is 12.0 Å². The van der Waals surface area contributed by atoms with Gasteiger partial charge in [-0.05, 0) is 6.92 Å². The van der Waals surface area contributed by atoms with E-state index in [9.17, 15) is 9.59 Å². The summed E-state index contributed by atoms with van der Waals surface area (Å²) in [4.78, 5) is 20.6. The van der Waals surface area contributed by atoms with Crippen LogP contribution in [0.15, 0.2) is 0 Å². The van der Waals surface area contributed by atoms with E-state index in [-0.39, 0.29) is 12.4 Å². The third-order valence-electron chi connectivity index (χ3n) is 0.988. The van der Waals surface area contributed by atoms with Crippen LogP contribution in [0.3, 0.4) is 0 Å². The highest BCUT2D eigenvalue weighted by atomic mass is 16.5. The van der Waals surface area contributed by atoms with Crippen LogP contribution in [-0.4, -0.2) is 24.4 Å². The Morgan fingerprint density at radius 3 is 2.30 bits per heavy atom. The normalized spacial score (nSPS) is 12.3. The number of hydrogen-bond donors (Lipinski definition) is 1. The van der Waals surface area contributed by atoms with E-state index in [1.54, 1.807) is 0 Å². The number of esters is 1. The first-order chi connectivity index (χ1) is 4.54. The maximum absolute atomic E-state index is 10.4. The monoisotopic (exact) mass is 145 g/mol. The molecule has 4 heteroatoms. The Hall–Kier alpha value is -0.900. The lowest BCUT2D eigenvalue weighted by Gasteiger charge is -2.05. The number of Topliss-reactive ketones (excluding diaryl/α,β-unsaturated/α-hetero) is 1. The smallest absolute Gasteiger partial charge is 0.302 e. The quantitative estimate of drug-likeness (QED) is 0.542. The highest BCUT2D eigenvalue weighted by Crippen LogP contribution is 1.83. The highest BCUT2D eigenvalue weighted by Gasteiger charge is 2.08. The van der Waals surface area contributed by atoms with Gasteiger partial charge in [0.05, 0.1) is 6.04 Å². The fourth-order valence-corrected chi connectivity index (χ4v) is 0.324. The van der Waals surface area contributed by atoms with Crippen LogP contribution in [0, 0.1) is 0 Å². The molecule has 0 aromatic heterocycles. The van der Waals surface area contributed by atoms with Gasteiger partial charge in [-0.15, -0.1) is 0 Å². The summed E-state index contributed by atoms with van der Waals surface area (Å²) < 4.78 is 4.48. The summed E-state index contributed by atoms with van der Waals surface area (Å²) in [5.74, 6) is -0.599. The van der Waals surface area contributed by atoms with Crippen LogP contribution in [-0.2, 0) is 14.3 Å². The van der Waals surface area contributed by atoms with Crippen molar-refractivity contribution in [3.63, 3.8) is 0 Å². The standard InChI is InChI=1S/C6H11NO3/c1-4(8)6(7)3-10-5(2)9/h6H,3,7H2,1-2H3/t6-/m0/s1. The van der Waals surface area contributed by atoms with Crippen LogP contribution < -0.4 is 5.73 Å². The molecule has 0 saturated heterocycles. The summed E-state index contributed by atoms with van der Waals surface area (Å²) >= 11 is 0. The van der Waals surface area contributed by atoms with Gasteiger partial charge in [-0.3, -0.25) is 9.59 Å². The number of carbonyl (C=O) groups excluding carboxylic acids is 2. The molecule has 1 atom stereocenters. The second-order valence-electron chi connectivity index (χ2n) is 2.02. The van der Waals surface area contributed by atoms with Gasteiger partial charge in [-0.2, -0.15) is 0 Å². The Bertz CT molecular complexity index is 144. The van der Waals surface area contributed by atoms with Crippen molar-refractivity contribution in [3.05, 3.63) is 0 Å². The van der Waals surface area contributed by atoms with Gasteiger partial charge < -0.3 is 10.5 Å². The van der Waals surface area contributed by atoms with E-state index in [4.69, 9.17) is 5.73 Å². The molecule has 10 heavy (non-hydrogen) atoms. The molecule has 0 aliphatic carbocycles. The zero-order valence-corrected chi connectivity index (χ0v) is 6.09. The summed E-state index contributed by atoms with van der Waals surface area (Å²) in [6.07, 6.45) is 0. The summed E-state index contributed by atoms with van der Waals surface area (Å²) in [6, 6.07) is -0.677. The molecule has 0 fully saturated rings. The fraction of sp³-hybridized carbons (Fsp3) is 0.667. The lowest BCUT2D eigenvalue weighted by Crippen LogP contribution is -2.33. The Labute approximate surface area is 59.3 Å². The number of rotatable bonds is 3. The minimum absolute atomic E-state index is 0.0231. The predicted octanol–water partition coefficient (Wildman–Crippen LogP) is -0.534. The van der Waals surface area contributed by atoms with E-state index in [1.165, 1.54) is 13.8 Å². The summed E-state index contributed by atoms with van der Waals surface area (Å²) in [5, 5.41) is 0. The molecule has 2 N–H and O–H groups in total. The number of ether oxygens (including phenoxy) is 1. The zero-order valence-electron chi connectivity index (χ0n) is 6.09. The SMILES string of the molecule is CC(=O)OC[C@H](N)C(C)=O. The summed E-state index contributed by atoms with van der Waals surface area (Å²) in [7, 11) is 0. The van der Waals surface area contributed by atoms with Crippen LogP contribution in [0.2, 0.25) is 0 Å².